The lowest BCUT2D eigenvalue weighted by Crippen LogP contribution is -2.50. The second kappa shape index (κ2) is 10.5. The van der Waals surface area contributed by atoms with Crippen LogP contribution < -0.4 is 15.9 Å². The lowest BCUT2D eigenvalue weighted by molar-refractivity contribution is 0.0240. The number of anilines is 3. The number of imidazole rings is 1. The topological polar surface area (TPSA) is 82.6 Å². The smallest absolute Gasteiger partial charge is 0.410 e. The molecule has 1 aliphatic heterocycles. The summed E-state index contributed by atoms with van der Waals surface area (Å²) in [7, 11) is 0. The van der Waals surface area contributed by atoms with Crippen LogP contribution in [0.25, 0.3) is 11.0 Å². The molecule has 1 saturated heterocycles. The fraction of sp³-hybridized carbons (Fsp3) is 0.517. The molecule has 37 heavy (non-hydrogen) atoms. The molecule has 1 amide bonds. The number of carbonyl (C=O) groups is 1. The van der Waals surface area contributed by atoms with Crippen LogP contribution in [0.3, 0.4) is 0 Å². The Labute approximate surface area is 218 Å². The number of nitrogens with zero attached hydrogens (tertiary/aromatic N) is 3. The summed E-state index contributed by atoms with van der Waals surface area (Å²) < 4.78 is 7.51. The third-order valence-electron chi connectivity index (χ3n) is 7.38. The summed E-state index contributed by atoms with van der Waals surface area (Å²) >= 11 is 0. The number of piperazine rings is 1. The third-order valence-corrected chi connectivity index (χ3v) is 7.38. The van der Waals surface area contributed by atoms with E-state index in [4.69, 9.17) is 4.74 Å². The van der Waals surface area contributed by atoms with Crippen LogP contribution in [0.4, 0.5) is 21.9 Å². The van der Waals surface area contributed by atoms with Crippen LogP contribution >= 0.6 is 0 Å². The standard InChI is InChI=1S/C29H39N5O3/c1-29(2,3)37-28(36)33-16-14-32(15-17-33)25-19-26-24(18-23(25)30-22-12-8-5-9-13-22)31-27(35)34(26)20-21-10-6-4-7-11-21/h5,8-9,12-13,18-19,21,30H,4,6-7,10-11,14-17,20H2,1-3H3,(H,31,35). The summed E-state index contributed by atoms with van der Waals surface area (Å²) in [6, 6.07) is 14.3. The number of amides is 1. The van der Waals surface area contributed by atoms with Crippen LogP contribution in [0, 0.1) is 5.92 Å². The van der Waals surface area contributed by atoms with Crippen molar-refractivity contribution in [2.24, 2.45) is 5.92 Å². The first-order valence-electron chi connectivity index (χ1n) is 13.6. The highest BCUT2D eigenvalue weighted by Crippen LogP contribution is 2.34. The Morgan fingerprint density at radius 1 is 1.03 bits per heavy atom. The van der Waals surface area contributed by atoms with Crippen molar-refractivity contribution < 1.29 is 9.53 Å². The number of fused-ring (bicyclic) bond motifs is 1. The van der Waals surface area contributed by atoms with Gasteiger partial charge in [0.05, 0.1) is 22.4 Å². The summed E-state index contributed by atoms with van der Waals surface area (Å²) in [6.07, 6.45) is 5.91. The minimum absolute atomic E-state index is 0.0434. The Kier molecular flexibility index (Phi) is 7.17. The van der Waals surface area contributed by atoms with E-state index in [1.54, 1.807) is 4.90 Å². The molecule has 0 bridgehead atoms. The van der Waals surface area contributed by atoms with Gasteiger partial charge in [-0.2, -0.15) is 0 Å². The summed E-state index contributed by atoms with van der Waals surface area (Å²) in [5.41, 5.74) is 4.20. The number of aromatic amines is 1. The van der Waals surface area contributed by atoms with Crippen LogP contribution in [0.2, 0.25) is 0 Å². The molecule has 1 aromatic heterocycles. The molecule has 0 atom stereocenters. The van der Waals surface area contributed by atoms with Crippen LogP contribution in [0.5, 0.6) is 0 Å². The van der Waals surface area contributed by atoms with Gasteiger partial charge in [-0.1, -0.05) is 37.5 Å². The molecule has 198 valence electrons. The normalized spacial score (nSPS) is 17.3. The van der Waals surface area contributed by atoms with E-state index in [9.17, 15) is 9.59 Å². The Balaban J connectivity index is 1.45. The first kappa shape index (κ1) is 25.2. The van der Waals surface area contributed by atoms with E-state index in [1.165, 1.54) is 32.1 Å². The third kappa shape index (κ3) is 5.95. The number of ether oxygens (including phenoxy) is 1. The average molecular weight is 506 g/mol. The van der Waals surface area contributed by atoms with Crippen LogP contribution in [-0.4, -0.2) is 52.3 Å². The van der Waals surface area contributed by atoms with Gasteiger partial charge in [-0.3, -0.25) is 4.57 Å². The van der Waals surface area contributed by atoms with Gasteiger partial charge in [-0.05, 0) is 63.8 Å². The number of aromatic nitrogens is 2. The molecule has 3 aromatic rings. The van der Waals surface area contributed by atoms with Crippen LogP contribution in [0.15, 0.2) is 47.3 Å². The number of benzene rings is 2. The van der Waals surface area contributed by atoms with Gasteiger partial charge in [0, 0.05) is 38.4 Å². The Bertz CT molecular complexity index is 1280. The minimum Gasteiger partial charge on any atom is -0.444 e. The van der Waals surface area contributed by atoms with Gasteiger partial charge in [0.25, 0.3) is 0 Å². The highest BCUT2D eigenvalue weighted by molar-refractivity contribution is 5.90. The van der Waals surface area contributed by atoms with Gasteiger partial charge < -0.3 is 24.8 Å². The molecular weight excluding hydrogens is 466 g/mol. The molecule has 2 aromatic carbocycles. The largest absolute Gasteiger partial charge is 0.444 e. The van der Waals surface area contributed by atoms with Crippen molar-refractivity contribution in [2.45, 2.75) is 65.0 Å². The molecule has 2 fully saturated rings. The van der Waals surface area contributed by atoms with Crippen LogP contribution in [0.1, 0.15) is 52.9 Å². The molecule has 5 rings (SSSR count). The van der Waals surface area contributed by atoms with Crippen molar-refractivity contribution in [3.8, 4) is 0 Å². The summed E-state index contributed by atoms with van der Waals surface area (Å²) in [5, 5.41) is 3.56. The highest BCUT2D eigenvalue weighted by Gasteiger charge is 2.27. The predicted octanol–water partition coefficient (Wildman–Crippen LogP) is 5.71. The molecular formula is C29H39N5O3. The Morgan fingerprint density at radius 2 is 1.73 bits per heavy atom. The molecule has 2 heterocycles. The maximum atomic E-state index is 13.0. The van der Waals surface area contributed by atoms with Crippen molar-refractivity contribution in [3.63, 3.8) is 0 Å². The van der Waals surface area contributed by atoms with E-state index in [1.807, 2.05) is 55.7 Å². The minimum atomic E-state index is -0.512. The average Bonchev–Trinajstić information content (AvgIpc) is 3.17. The second-order valence-electron chi connectivity index (χ2n) is 11.4. The van der Waals surface area contributed by atoms with Crippen LogP contribution in [-0.2, 0) is 11.3 Å². The van der Waals surface area contributed by atoms with Crippen molar-refractivity contribution in [1.29, 1.82) is 0 Å². The summed E-state index contributed by atoms with van der Waals surface area (Å²) in [5.74, 6) is 0.549. The highest BCUT2D eigenvalue weighted by atomic mass is 16.6. The van der Waals surface area contributed by atoms with E-state index in [0.717, 1.165) is 34.6 Å². The number of nitrogens with one attached hydrogen (secondary N) is 2. The van der Waals surface area contributed by atoms with Crippen molar-refractivity contribution >= 4 is 34.2 Å². The second-order valence-corrected chi connectivity index (χ2v) is 11.4. The van der Waals surface area contributed by atoms with Gasteiger partial charge in [-0.25, -0.2) is 9.59 Å². The molecule has 8 heteroatoms. The van der Waals surface area contributed by atoms with Crippen molar-refractivity contribution in [1.82, 2.24) is 14.5 Å². The van der Waals surface area contributed by atoms with Crippen molar-refractivity contribution in [3.05, 3.63) is 52.9 Å². The summed E-state index contributed by atoms with van der Waals surface area (Å²) in [4.78, 5) is 32.8. The predicted molar refractivity (Wildman–Crippen MR) is 149 cm³/mol. The van der Waals surface area contributed by atoms with Gasteiger partial charge in [0.15, 0.2) is 0 Å². The first-order chi connectivity index (χ1) is 17.8. The van der Waals surface area contributed by atoms with E-state index in [0.29, 0.717) is 32.1 Å². The monoisotopic (exact) mass is 505 g/mol. The van der Waals surface area contributed by atoms with Gasteiger partial charge in [0.2, 0.25) is 0 Å². The number of rotatable bonds is 5. The van der Waals surface area contributed by atoms with E-state index >= 15 is 0 Å². The molecule has 1 saturated carbocycles. The molecule has 0 unspecified atom stereocenters. The van der Waals surface area contributed by atoms with E-state index < -0.39 is 5.60 Å². The lowest BCUT2D eigenvalue weighted by atomic mass is 9.89. The number of carbonyl (C=O) groups excluding carboxylic acids is 1. The maximum Gasteiger partial charge on any atom is 0.410 e. The van der Waals surface area contributed by atoms with Gasteiger partial charge in [0.1, 0.15) is 5.60 Å². The number of hydrogen-bond acceptors (Lipinski definition) is 5. The lowest BCUT2D eigenvalue weighted by Gasteiger charge is -2.37. The quantitative estimate of drug-likeness (QED) is 0.464. The summed E-state index contributed by atoms with van der Waals surface area (Å²) in [6.45, 7) is 8.97. The number of hydrogen-bond donors (Lipinski definition) is 2. The maximum absolute atomic E-state index is 13.0. The van der Waals surface area contributed by atoms with Gasteiger partial charge >= 0.3 is 11.8 Å². The van der Waals surface area contributed by atoms with Gasteiger partial charge in [-0.15, -0.1) is 0 Å². The molecule has 8 nitrogen and oxygen atoms in total. The Hall–Kier alpha value is -3.42. The molecule has 0 spiro atoms. The molecule has 2 N–H and O–H groups in total. The fourth-order valence-electron chi connectivity index (χ4n) is 5.50. The zero-order valence-electron chi connectivity index (χ0n) is 22.3. The number of para-hydroxylation sites is 1. The molecule has 0 radical (unpaired) electrons. The SMILES string of the molecule is CC(C)(C)OC(=O)N1CCN(c2cc3c(cc2Nc2ccccc2)[nH]c(=O)n3CC2CCCCC2)CC1. The number of H-pyrrole nitrogens is 1. The molecule has 2 aliphatic rings. The van der Waals surface area contributed by atoms with Crippen molar-refractivity contribution in [2.75, 3.05) is 36.4 Å². The Morgan fingerprint density at radius 3 is 2.41 bits per heavy atom. The van der Waals surface area contributed by atoms with E-state index in [2.05, 4.69) is 27.3 Å². The molecule has 1 aliphatic carbocycles. The zero-order valence-corrected chi connectivity index (χ0v) is 22.3. The van der Waals surface area contributed by atoms with E-state index in [-0.39, 0.29) is 11.8 Å². The first-order valence-corrected chi connectivity index (χ1v) is 13.6. The zero-order chi connectivity index (χ0) is 26.0. The fourth-order valence-corrected chi connectivity index (χ4v) is 5.50.